The zero-order valence-corrected chi connectivity index (χ0v) is 14.0. The standard InChI is InChI=1S/C16H16O7S/c1-3-21-16(18)13-7-8-22-14(13)10-23-15(17)11-5-4-6-12(9-11)24(2,19)20/h4-9H,3,10H2,1-2H3. The molecule has 2 aromatic rings. The average Bonchev–Trinajstić information content (AvgIpc) is 3.01. The lowest BCUT2D eigenvalue weighted by molar-refractivity contribution is 0.0422. The summed E-state index contributed by atoms with van der Waals surface area (Å²) in [5, 5.41) is 0. The molecule has 0 amide bonds. The minimum atomic E-state index is -3.43. The van der Waals surface area contributed by atoms with Gasteiger partial charge in [0.25, 0.3) is 0 Å². The van der Waals surface area contributed by atoms with Crippen LogP contribution in [-0.4, -0.2) is 33.2 Å². The Morgan fingerprint density at radius 1 is 1.12 bits per heavy atom. The van der Waals surface area contributed by atoms with Crippen LogP contribution in [-0.2, 0) is 25.9 Å². The van der Waals surface area contributed by atoms with Crippen molar-refractivity contribution in [3.8, 4) is 0 Å². The minimum absolute atomic E-state index is 0.0159. The summed E-state index contributed by atoms with van der Waals surface area (Å²) in [5.41, 5.74) is 0.261. The Balaban J connectivity index is 2.10. The van der Waals surface area contributed by atoms with Crippen molar-refractivity contribution < 1.29 is 31.9 Å². The third-order valence-corrected chi connectivity index (χ3v) is 4.18. The van der Waals surface area contributed by atoms with E-state index in [9.17, 15) is 18.0 Å². The maximum atomic E-state index is 12.1. The number of hydrogen-bond acceptors (Lipinski definition) is 7. The van der Waals surface area contributed by atoms with Crippen molar-refractivity contribution in [1.82, 2.24) is 0 Å². The first-order valence-corrected chi connectivity index (χ1v) is 8.92. The topological polar surface area (TPSA) is 99.9 Å². The second kappa shape index (κ2) is 7.31. The Morgan fingerprint density at radius 3 is 2.54 bits per heavy atom. The molecule has 0 saturated heterocycles. The number of carbonyl (C=O) groups excluding carboxylic acids is 2. The smallest absolute Gasteiger partial charge is 0.341 e. The van der Waals surface area contributed by atoms with Gasteiger partial charge in [-0.1, -0.05) is 6.07 Å². The molecule has 0 aliphatic carbocycles. The summed E-state index contributed by atoms with van der Waals surface area (Å²) in [4.78, 5) is 23.8. The van der Waals surface area contributed by atoms with Crippen LogP contribution in [0, 0.1) is 0 Å². The third kappa shape index (κ3) is 4.23. The molecule has 1 aromatic heterocycles. The molecule has 0 unspecified atom stereocenters. The van der Waals surface area contributed by atoms with Gasteiger partial charge in [0, 0.05) is 6.26 Å². The van der Waals surface area contributed by atoms with E-state index < -0.39 is 21.8 Å². The van der Waals surface area contributed by atoms with E-state index in [4.69, 9.17) is 13.9 Å². The van der Waals surface area contributed by atoms with Crippen LogP contribution in [0.1, 0.15) is 33.4 Å². The van der Waals surface area contributed by atoms with Crippen LogP contribution in [0.4, 0.5) is 0 Å². The number of hydrogen-bond donors (Lipinski definition) is 0. The van der Waals surface area contributed by atoms with Crippen molar-refractivity contribution in [3.05, 3.63) is 53.5 Å². The van der Waals surface area contributed by atoms with E-state index in [1.807, 2.05) is 0 Å². The van der Waals surface area contributed by atoms with Gasteiger partial charge in [0.05, 0.1) is 23.3 Å². The number of benzene rings is 1. The molecule has 0 radical (unpaired) electrons. The van der Waals surface area contributed by atoms with Crippen molar-refractivity contribution in [3.63, 3.8) is 0 Å². The molecule has 0 atom stereocenters. The zero-order chi connectivity index (χ0) is 17.7. The lowest BCUT2D eigenvalue weighted by Gasteiger charge is -2.06. The Bertz CT molecular complexity index is 849. The number of ether oxygens (including phenoxy) is 2. The van der Waals surface area contributed by atoms with Gasteiger partial charge in [-0.25, -0.2) is 18.0 Å². The van der Waals surface area contributed by atoms with Gasteiger partial charge in [-0.15, -0.1) is 0 Å². The second-order valence-corrected chi connectivity index (χ2v) is 6.87. The van der Waals surface area contributed by atoms with Crippen LogP contribution in [0.2, 0.25) is 0 Å². The van der Waals surface area contributed by atoms with Crippen LogP contribution in [0.15, 0.2) is 45.9 Å². The summed E-state index contributed by atoms with van der Waals surface area (Å²) in [6, 6.07) is 6.92. The van der Waals surface area contributed by atoms with Gasteiger partial charge in [-0.2, -0.15) is 0 Å². The lowest BCUT2D eigenvalue weighted by Crippen LogP contribution is -2.10. The van der Waals surface area contributed by atoms with Crippen LogP contribution < -0.4 is 0 Å². The summed E-state index contributed by atoms with van der Waals surface area (Å²) in [6.45, 7) is 1.61. The number of sulfone groups is 1. The molecule has 0 saturated carbocycles. The van der Waals surface area contributed by atoms with E-state index in [0.29, 0.717) is 0 Å². The Hall–Kier alpha value is -2.61. The molecule has 1 heterocycles. The fraction of sp³-hybridized carbons (Fsp3) is 0.250. The molecule has 2 rings (SSSR count). The predicted octanol–water partition coefficient (Wildman–Crippen LogP) is 2.22. The lowest BCUT2D eigenvalue weighted by atomic mass is 10.2. The summed E-state index contributed by atoms with van der Waals surface area (Å²) in [7, 11) is -3.43. The van der Waals surface area contributed by atoms with Crippen molar-refractivity contribution in [1.29, 1.82) is 0 Å². The molecule has 7 nitrogen and oxygen atoms in total. The zero-order valence-electron chi connectivity index (χ0n) is 13.1. The maximum absolute atomic E-state index is 12.1. The van der Waals surface area contributed by atoms with Gasteiger partial charge in [0.1, 0.15) is 5.56 Å². The van der Waals surface area contributed by atoms with Crippen LogP contribution in [0.5, 0.6) is 0 Å². The quantitative estimate of drug-likeness (QED) is 0.735. The fourth-order valence-corrected chi connectivity index (χ4v) is 2.58. The van der Waals surface area contributed by atoms with Crippen LogP contribution in [0.25, 0.3) is 0 Å². The van der Waals surface area contributed by atoms with Crippen molar-refractivity contribution in [2.45, 2.75) is 18.4 Å². The average molecular weight is 352 g/mol. The van der Waals surface area contributed by atoms with Gasteiger partial charge in [0.15, 0.2) is 22.2 Å². The number of furan rings is 1. The largest absolute Gasteiger partial charge is 0.465 e. The molecule has 8 heteroatoms. The first-order chi connectivity index (χ1) is 11.3. The molecule has 0 N–H and O–H groups in total. The highest BCUT2D eigenvalue weighted by Gasteiger charge is 2.18. The molecule has 0 aliphatic rings. The SMILES string of the molecule is CCOC(=O)c1ccoc1COC(=O)c1cccc(S(C)(=O)=O)c1. The molecular formula is C16H16O7S. The van der Waals surface area contributed by atoms with E-state index in [2.05, 4.69) is 0 Å². The molecular weight excluding hydrogens is 336 g/mol. The van der Waals surface area contributed by atoms with E-state index in [-0.39, 0.29) is 35.0 Å². The van der Waals surface area contributed by atoms with Crippen molar-refractivity contribution in [2.24, 2.45) is 0 Å². The number of esters is 2. The van der Waals surface area contributed by atoms with Gasteiger partial charge < -0.3 is 13.9 Å². The fourth-order valence-electron chi connectivity index (χ4n) is 1.91. The predicted molar refractivity (Wildman–Crippen MR) is 83.3 cm³/mol. The highest BCUT2D eigenvalue weighted by atomic mass is 32.2. The summed E-state index contributed by atoms with van der Waals surface area (Å²) < 4.78 is 38.1. The summed E-state index contributed by atoms with van der Waals surface area (Å²) in [6.07, 6.45) is 2.34. The van der Waals surface area contributed by atoms with E-state index in [0.717, 1.165) is 6.26 Å². The molecule has 128 valence electrons. The van der Waals surface area contributed by atoms with Gasteiger partial charge >= 0.3 is 11.9 Å². The van der Waals surface area contributed by atoms with Gasteiger partial charge in [-0.05, 0) is 31.2 Å². The first kappa shape index (κ1) is 17.7. The highest BCUT2D eigenvalue weighted by Crippen LogP contribution is 2.16. The number of rotatable bonds is 6. The van der Waals surface area contributed by atoms with Crippen molar-refractivity contribution >= 4 is 21.8 Å². The van der Waals surface area contributed by atoms with E-state index in [1.54, 1.807) is 6.92 Å². The minimum Gasteiger partial charge on any atom is -0.465 e. The molecule has 0 bridgehead atoms. The maximum Gasteiger partial charge on any atom is 0.341 e. The van der Waals surface area contributed by atoms with Crippen LogP contribution >= 0.6 is 0 Å². The van der Waals surface area contributed by atoms with E-state index >= 15 is 0 Å². The second-order valence-electron chi connectivity index (χ2n) is 4.85. The van der Waals surface area contributed by atoms with Gasteiger partial charge in [-0.3, -0.25) is 0 Å². The molecule has 0 fully saturated rings. The highest BCUT2D eigenvalue weighted by molar-refractivity contribution is 7.90. The Kier molecular flexibility index (Phi) is 5.40. The third-order valence-electron chi connectivity index (χ3n) is 3.07. The molecule has 1 aromatic carbocycles. The van der Waals surface area contributed by atoms with Gasteiger partial charge in [0.2, 0.25) is 0 Å². The van der Waals surface area contributed by atoms with Crippen LogP contribution in [0.3, 0.4) is 0 Å². The van der Waals surface area contributed by atoms with Crippen molar-refractivity contribution in [2.75, 3.05) is 12.9 Å². The monoisotopic (exact) mass is 352 g/mol. The normalized spacial score (nSPS) is 11.1. The first-order valence-electron chi connectivity index (χ1n) is 7.03. The molecule has 24 heavy (non-hydrogen) atoms. The number of carbonyl (C=O) groups is 2. The molecule has 0 aliphatic heterocycles. The summed E-state index contributed by atoms with van der Waals surface area (Å²) >= 11 is 0. The summed E-state index contributed by atoms with van der Waals surface area (Å²) in [5.74, 6) is -1.15. The Morgan fingerprint density at radius 2 is 1.88 bits per heavy atom. The molecule has 0 spiro atoms. The van der Waals surface area contributed by atoms with E-state index in [1.165, 1.54) is 36.6 Å². The Labute approximate surface area is 139 Å².